The zero-order valence-electron chi connectivity index (χ0n) is 13.9. The van der Waals surface area contributed by atoms with Crippen molar-refractivity contribution in [2.75, 3.05) is 0 Å². The number of hydrogen-bond acceptors (Lipinski definition) is 4. The fraction of sp³-hybridized carbons (Fsp3) is 0. The molecule has 0 aliphatic rings. The molecule has 0 amide bonds. The molecule has 0 spiro atoms. The molecule has 0 fully saturated rings. The minimum atomic E-state index is -1.37. The smallest absolute Gasteiger partial charge is 0.335 e. The van der Waals surface area contributed by atoms with E-state index < -0.39 is 17.9 Å². The van der Waals surface area contributed by atoms with Crippen LogP contribution in [-0.4, -0.2) is 38.2 Å². The van der Waals surface area contributed by atoms with E-state index in [-0.39, 0.29) is 16.7 Å². The minimum absolute atomic E-state index is 0.368. The summed E-state index contributed by atoms with van der Waals surface area (Å²) in [5.41, 5.74) is 1.34. The Morgan fingerprint density at radius 1 is 0.593 bits per heavy atom. The summed E-state index contributed by atoms with van der Waals surface area (Å²) in [6.45, 7) is 0. The second-order valence-electron chi connectivity index (χ2n) is 5.32. The van der Waals surface area contributed by atoms with E-state index in [1.165, 1.54) is 11.1 Å². The van der Waals surface area contributed by atoms with E-state index in [1.54, 1.807) is 0 Å². The standard InChI is InChI=1S/C11H9N.C9H6O6/c1-2-4-10(5-3-1)11-6-8-12-9-7-11;10-7(11)4-1-5(8(12)13)3-6(2-4)9(14)15/h1-9H;1-3H,(H,10,11)(H,12,13)(H,14,15). The van der Waals surface area contributed by atoms with Gasteiger partial charge in [-0.15, -0.1) is 0 Å². The van der Waals surface area contributed by atoms with Crippen molar-refractivity contribution >= 4 is 17.9 Å². The molecule has 136 valence electrons. The molecule has 0 aliphatic heterocycles. The van der Waals surface area contributed by atoms with Crippen molar-refractivity contribution in [3.8, 4) is 11.1 Å². The van der Waals surface area contributed by atoms with Crippen molar-refractivity contribution in [1.29, 1.82) is 0 Å². The zero-order valence-corrected chi connectivity index (χ0v) is 13.9. The first-order chi connectivity index (χ1) is 12.9. The topological polar surface area (TPSA) is 125 Å². The maximum absolute atomic E-state index is 10.6. The van der Waals surface area contributed by atoms with Gasteiger partial charge >= 0.3 is 17.9 Å². The Bertz CT molecular complexity index is 838. The van der Waals surface area contributed by atoms with Gasteiger partial charge in [0.2, 0.25) is 0 Å². The number of carboxylic acids is 3. The number of hydrogen-bond donors (Lipinski definition) is 3. The van der Waals surface area contributed by atoms with Crippen LogP contribution in [0.25, 0.3) is 11.1 Å². The zero-order chi connectivity index (χ0) is 19.8. The molecule has 7 heteroatoms. The highest BCUT2D eigenvalue weighted by Gasteiger charge is 2.14. The van der Waals surface area contributed by atoms with Gasteiger partial charge in [0.1, 0.15) is 0 Å². The average Bonchev–Trinajstić information content (AvgIpc) is 2.69. The molecule has 0 atom stereocenters. The van der Waals surface area contributed by atoms with E-state index in [1.807, 2.05) is 42.7 Å². The van der Waals surface area contributed by atoms with Gasteiger partial charge in [-0.05, 0) is 41.5 Å². The van der Waals surface area contributed by atoms with Gasteiger partial charge in [-0.1, -0.05) is 30.3 Å². The van der Waals surface area contributed by atoms with Crippen molar-refractivity contribution in [2.45, 2.75) is 0 Å². The Morgan fingerprint density at radius 2 is 0.963 bits per heavy atom. The first-order valence-corrected chi connectivity index (χ1v) is 7.69. The summed E-state index contributed by atoms with van der Waals surface area (Å²) < 4.78 is 0. The molecule has 27 heavy (non-hydrogen) atoms. The highest BCUT2D eigenvalue weighted by Crippen LogP contribution is 2.16. The number of carboxylic acid groups (broad SMARTS) is 3. The van der Waals surface area contributed by atoms with Crippen LogP contribution in [0.2, 0.25) is 0 Å². The largest absolute Gasteiger partial charge is 0.478 e. The molecule has 0 saturated heterocycles. The van der Waals surface area contributed by atoms with Crippen LogP contribution in [0.5, 0.6) is 0 Å². The molecular formula is C20H15NO6. The average molecular weight is 365 g/mol. The quantitative estimate of drug-likeness (QED) is 0.646. The molecule has 0 saturated carbocycles. The van der Waals surface area contributed by atoms with Crippen LogP contribution in [-0.2, 0) is 0 Å². The highest BCUT2D eigenvalue weighted by molar-refractivity contribution is 5.98. The highest BCUT2D eigenvalue weighted by atomic mass is 16.4. The molecule has 3 N–H and O–H groups in total. The third kappa shape index (κ3) is 5.50. The predicted octanol–water partition coefficient (Wildman–Crippen LogP) is 3.53. The lowest BCUT2D eigenvalue weighted by molar-refractivity contribution is 0.0696. The number of nitrogens with zero attached hydrogens (tertiary/aromatic N) is 1. The molecular weight excluding hydrogens is 350 g/mol. The second-order valence-corrected chi connectivity index (χ2v) is 5.32. The van der Waals surface area contributed by atoms with Gasteiger partial charge in [0.05, 0.1) is 16.7 Å². The Hall–Kier alpha value is -4.00. The molecule has 2 aromatic carbocycles. The van der Waals surface area contributed by atoms with Crippen molar-refractivity contribution < 1.29 is 29.7 Å². The monoisotopic (exact) mass is 365 g/mol. The first-order valence-electron chi connectivity index (χ1n) is 7.69. The van der Waals surface area contributed by atoms with E-state index in [0.717, 1.165) is 18.2 Å². The van der Waals surface area contributed by atoms with Crippen molar-refractivity contribution in [3.63, 3.8) is 0 Å². The third-order valence-electron chi connectivity index (χ3n) is 3.46. The molecule has 0 bridgehead atoms. The number of benzene rings is 2. The molecule has 0 radical (unpaired) electrons. The molecule has 1 heterocycles. The van der Waals surface area contributed by atoms with Crippen LogP contribution in [0.3, 0.4) is 0 Å². The summed E-state index contributed by atoms with van der Waals surface area (Å²) in [5.74, 6) is -4.12. The Morgan fingerprint density at radius 3 is 1.33 bits per heavy atom. The van der Waals surface area contributed by atoms with Crippen LogP contribution in [0, 0.1) is 0 Å². The van der Waals surface area contributed by atoms with Crippen molar-refractivity contribution in [2.24, 2.45) is 0 Å². The second kappa shape index (κ2) is 8.91. The lowest BCUT2D eigenvalue weighted by atomic mass is 10.1. The van der Waals surface area contributed by atoms with E-state index >= 15 is 0 Å². The number of rotatable bonds is 4. The molecule has 3 rings (SSSR count). The van der Waals surface area contributed by atoms with Crippen molar-refractivity contribution in [1.82, 2.24) is 4.98 Å². The summed E-state index contributed by atoms with van der Waals surface area (Å²) in [6.07, 6.45) is 3.62. The van der Waals surface area contributed by atoms with E-state index in [2.05, 4.69) is 17.1 Å². The van der Waals surface area contributed by atoms with Gasteiger partial charge in [-0.2, -0.15) is 0 Å². The minimum Gasteiger partial charge on any atom is -0.478 e. The lowest BCUT2D eigenvalue weighted by Crippen LogP contribution is -2.07. The summed E-state index contributed by atoms with van der Waals surface area (Å²) in [4.78, 5) is 35.7. The van der Waals surface area contributed by atoms with Crippen LogP contribution < -0.4 is 0 Å². The number of aromatic carboxylic acids is 3. The van der Waals surface area contributed by atoms with Gasteiger partial charge in [0.25, 0.3) is 0 Å². The fourth-order valence-corrected chi connectivity index (χ4v) is 2.17. The van der Waals surface area contributed by atoms with E-state index in [9.17, 15) is 14.4 Å². The number of carbonyl (C=O) groups is 3. The summed E-state index contributed by atoms with van der Waals surface area (Å²) >= 11 is 0. The third-order valence-corrected chi connectivity index (χ3v) is 3.46. The number of aromatic nitrogens is 1. The SMILES string of the molecule is O=C(O)c1cc(C(=O)O)cc(C(=O)O)c1.c1ccc(-c2ccncc2)cc1. The van der Waals surface area contributed by atoms with Crippen LogP contribution in [0.15, 0.2) is 73.1 Å². The Balaban J connectivity index is 0.000000198. The first kappa shape index (κ1) is 19.3. The van der Waals surface area contributed by atoms with Crippen LogP contribution >= 0.6 is 0 Å². The Labute approximate surface area is 154 Å². The number of pyridine rings is 1. The fourth-order valence-electron chi connectivity index (χ4n) is 2.17. The maximum atomic E-state index is 10.6. The van der Waals surface area contributed by atoms with Gasteiger partial charge in [0, 0.05) is 12.4 Å². The predicted molar refractivity (Wildman–Crippen MR) is 97.0 cm³/mol. The summed E-state index contributed by atoms with van der Waals surface area (Å²) in [5, 5.41) is 25.8. The Kier molecular flexibility index (Phi) is 6.38. The summed E-state index contributed by atoms with van der Waals surface area (Å²) in [6, 6.07) is 17.0. The van der Waals surface area contributed by atoms with Gasteiger partial charge in [-0.3, -0.25) is 4.98 Å². The van der Waals surface area contributed by atoms with E-state index in [0.29, 0.717) is 0 Å². The van der Waals surface area contributed by atoms with Crippen molar-refractivity contribution in [3.05, 3.63) is 89.7 Å². The van der Waals surface area contributed by atoms with Crippen LogP contribution in [0.1, 0.15) is 31.1 Å². The normalized spacial score (nSPS) is 9.63. The van der Waals surface area contributed by atoms with E-state index in [4.69, 9.17) is 15.3 Å². The van der Waals surface area contributed by atoms with Crippen LogP contribution in [0.4, 0.5) is 0 Å². The maximum Gasteiger partial charge on any atom is 0.335 e. The lowest BCUT2D eigenvalue weighted by Gasteiger charge is -2.00. The molecule has 0 aliphatic carbocycles. The van der Waals surface area contributed by atoms with Gasteiger partial charge < -0.3 is 15.3 Å². The molecule has 1 aromatic heterocycles. The van der Waals surface area contributed by atoms with Gasteiger partial charge in [-0.25, -0.2) is 14.4 Å². The van der Waals surface area contributed by atoms with Gasteiger partial charge in [0.15, 0.2) is 0 Å². The summed E-state index contributed by atoms with van der Waals surface area (Å²) in [7, 11) is 0. The molecule has 3 aromatic rings. The molecule has 0 unspecified atom stereocenters. The molecule has 7 nitrogen and oxygen atoms in total.